The van der Waals surface area contributed by atoms with Gasteiger partial charge in [0.15, 0.2) is 0 Å². The van der Waals surface area contributed by atoms with Crippen molar-refractivity contribution in [1.29, 1.82) is 0 Å². The second-order valence-corrected chi connectivity index (χ2v) is 6.54. The lowest BCUT2D eigenvalue weighted by atomic mass is 9.93. The van der Waals surface area contributed by atoms with E-state index in [4.69, 9.17) is 20.6 Å². The maximum absolute atomic E-state index is 12.1. The van der Waals surface area contributed by atoms with E-state index in [2.05, 4.69) is 0 Å². The van der Waals surface area contributed by atoms with Crippen molar-refractivity contribution >= 4 is 19.3 Å². The van der Waals surface area contributed by atoms with Crippen LogP contribution in [0.3, 0.4) is 0 Å². The van der Waals surface area contributed by atoms with Gasteiger partial charge in [-0.05, 0) is 12.0 Å². The molecule has 8 heteroatoms. The summed E-state index contributed by atoms with van der Waals surface area (Å²) >= 11 is 0. The fraction of sp³-hybridized carbons (Fsp3) is 0.385. The molecule has 0 bridgehead atoms. The van der Waals surface area contributed by atoms with E-state index >= 15 is 0 Å². The highest BCUT2D eigenvalue weighted by Crippen LogP contribution is 2.38. The van der Waals surface area contributed by atoms with Gasteiger partial charge in [0.2, 0.25) is 0 Å². The first-order valence-electron chi connectivity index (χ1n) is 6.28. The van der Waals surface area contributed by atoms with Crippen LogP contribution in [-0.4, -0.2) is 38.8 Å². The summed E-state index contributed by atoms with van der Waals surface area (Å²) in [6.07, 6.45) is -0.934. The predicted octanol–water partition coefficient (Wildman–Crippen LogP) is 0.394. The zero-order valence-electron chi connectivity index (χ0n) is 11.3. The van der Waals surface area contributed by atoms with Crippen LogP contribution in [-0.2, 0) is 20.6 Å². The average Bonchev–Trinajstić information content (AvgIpc) is 2.37. The van der Waals surface area contributed by atoms with Gasteiger partial charge in [-0.25, -0.2) is 0 Å². The molecular weight excluding hydrogens is 297 g/mol. The molecule has 0 aliphatic carbocycles. The number of benzene rings is 1. The molecule has 0 saturated carbocycles. The third kappa shape index (κ3) is 6.64. The number of ketones is 1. The van der Waals surface area contributed by atoms with E-state index in [9.17, 15) is 14.2 Å². The lowest BCUT2D eigenvalue weighted by Gasteiger charge is -2.17. The summed E-state index contributed by atoms with van der Waals surface area (Å²) < 4.78 is 11.2. The van der Waals surface area contributed by atoms with Gasteiger partial charge in [0, 0.05) is 12.3 Å². The maximum Gasteiger partial charge on any atom is 0.326 e. The van der Waals surface area contributed by atoms with E-state index < -0.39 is 43.9 Å². The second kappa shape index (κ2) is 7.47. The normalized spacial score (nSPS) is 14.4. The standard InChI is InChI=1S/C13H18NO6P/c14-11(13(16)17)7-12(15)10(8-21(18,19)20)6-9-4-2-1-3-5-9/h1-5,10-11H,6-8,14H2,(H,16,17)(H2,18,19,20). The largest absolute Gasteiger partial charge is 0.480 e. The van der Waals surface area contributed by atoms with Gasteiger partial charge in [0.25, 0.3) is 0 Å². The minimum absolute atomic E-state index is 0.136. The fourth-order valence-electron chi connectivity index (χ4n) is 1.94. The Morgan fingerprint density at radius 1 is 1.19 bits per heavy atom. The quantitative estimate of drug-likeness (QED) is 0.509. The minimum Gasteiger partial charge on any atom is -0.480 e. The SMILES string of the molecule is NC(CC(=O)C(Cc1ccccc1)CP(=O)(O)O)C(=O)O. The molecule has 0 amide bonds. The number of rotatable bonds is 8. The van der Waals surface area contributed by atoms with Crippen molar-refractivity contribution in [2.75, 3.05) is 6.16 Å². The van der Waals surface area contributed by atoms with Gasteiger partial charge in [-0.3, -0.25) is 14.2 Å². The van der Waals surface area contributed by atoms with E-state index in [0.29, 0.717) is 0 Å². The Hall–Kier alpha value is -1.53. The van der Waals surface area contributed by atoms with Crippen LogP contribution in [0.1, 0.15) is 12.0 Å². The third-order valence-electron chi connectivity index (χ3n) is 2.98. The van der Waals surface area contributed by atoms with Crippen LogP contribution in [0.4, 0.5) is 0 Å². The first-order valence-corrected chi connectivity index (χ1v) is 8.08. The maximum atomic E-state index is 12.1. The Kier molecular flexibility index (Phi) is 6.23. The Morgan fingerprint density at radius 2 is 1.76 bits per heavy atom. The molecule has 2 unspecified atom stereocenters. The number of carbonyl (C=O) groups is 2. The van der Waals surface area contributed by atoms with Crippen LogP contribution in [0.25, 0.3) is 0 Å². The molecule has 1 aromatic rings. The molecular formula is C13H18NO6P. The van der Waals surface area contributed by atoms with Crippen molar-refractivity contribution in [2.45, 2.75) is 18.9 Å². The number of hydrogen-bond acceptors (Lipinski definition) is 4. The molecule has 1 aromatic carbocycles. The van der Waals surface area contributed by atoms with E-state index in [0.717, 1.165) is 5.56 Å². The Labute approximate surface area is 121 Å². The van der Waals surface area contributed by atoms with Crippen LogP contribution in [0.2, 0.25) is 0 Å². The summed E-state index contributed by atoms with van der Waals surface area (Å²) in [5, 5.41) is 8.70. The molecule has 1 rings (SSSR count). The van der Waals surface area contributed by atoms with Crippen molar-refractivity contribution in [2.24, 2.45) is 11.7 Å². The molecule has 2 atom stereocenters. The first kappa shape index (κ1) is 17.5. The van der Waals surface area contributed by atoms with Gasteiger partial charge in [-0.15, -0.1) is 0 Å². The topological polar surface area (TPSA) is 138 Å². The number of hydrogen-bond donors (Lipinski definition) is 4. The van der Waals surface area contributed by atoms with Crippen LogP contribution in [0.15, 0.2) is 30.3 Å². The van der Waals surface area contributed by atoms with E-state index in [1.165, 1.54) is 0 Å². The first-order chi connectivity index (χ1) is 9.69. The lowest BCUT2D eigenvalue weighted by molar-refractivity contribution is -0.140. The monoisotopic (exact) mass is 315 g/mol. The summed E-state index contributed by atoms with van der Waals surface area (Å²) in [5.41, 5.74) is 6.04. The highest BCUT2D eigenvalue weighted by Gasteiger charge is 2.29. The minimum atomic E-state index is -4.39. The number of aliphatic carboxylic acids is 1. The zero-order chi connectivity index (χ0) is 16.0. The number of carboxylic acids is 1. The Bertz CT molecular complexity index is 541. The molecule has 116 valence electrons. The van der Waals surface area contributed by atoms with Gasteiger partial charge in [-0.1, -0.05) is 30.3 Å². The molecule has 0 aromatic heterocycles. The highest BCUT2D eigenvalue weighted by molar-refractivity contribution is 7.51. The van der Waals surface area contributed by atoms with Crippen molar-refractivity contribution in [3.8, 4) is 0 Å². The van der Waals surface area contributed by atoms with Crippen molar-refractivity contribution in [3.05, 3.63) is 35.9 Å². The molecule has 0 fully saturated rings. The average molecular weight is 315 g/mol. The Balaban J connectivity index is 2.84. The Morgan fingerprint density at radius 3 is 2.24 bits per heavy atom. The summed E-state index contributed by atoms with van der Waals surface area (Å²) in [6.45, 7) is 0. The molecule has 0 spiro atoms. The van der Waals surface area contributed by atoms with Crippen molar-refractivity contribution < 1.29 is 29.0 Å². The molecule has 5 N–H and O–H groups in total. The third-order valence-corrected chi connectivity index (χ3v) is 3.89. The van der Waals surface area contributed by atoms with Crippen LogP contribution < -0.4 is 5.73 Å². The van der Waals surface area contributed by atoms with Gasteiger partial charge in [-0.2, -0.15) is 0 Å². The zero-order valence-corrected chi connectivity index (χ0v) is 12.1. The lowest BCUT2D eigenvalue weighted by Crippen LogP contribution is -2.35. The molecule has 0 aliphatic heterocycles. The molecule has 21 heavy (non-hydrogen) atoms. The molecule has 0 aliphatic rings. The van der Waals surface area contributed by atoms with E-state index in [1.807, 2.05) is 0 Å². The van der Waals surface area contributed by atoms with Crippen molar-refractivity contribution in [3.63, 3.8) is 0 Å². The summed E-state index contributed by atoms with van der Waals surface area (Å²) in [7, 11) is -4.39. The van der Waals surface area contributed by atoms with Crippen LogP contribution in [0, 0.1) is 5.92 Å². The number of nitrogens with two attached hydrogens (primary N) is 1. The van der Waals surface area contributed by atoms with Gasteiger partial charge in [0.1, 0.15) is 11.8 Å². The summed E-state index contributed by atoms with van der Waals surface area (Å²) in [4.78, 5) is 40.9. The smallest absolute Gasteiger partial charge is 0.326 e. The highest BCUT2D eigenvalue weighted by atomic mass is 31.2. The summed E-state index contributed by atoms with van der Waals surface area (Å²) in [6, 6.07) is 7.37. The molecule has 0 radical (unpaired) electrons. The van der Waals surface area contributed by atoms with E-state index in [-0.39, 0.29) is 6.42 Å². The van der Waals surface area contributed by atoms with Crippen LogP contribution >= 0.6 is 7.60 Å². The number of carbonyl (C=O) groups excluding carboxylic acids is 1. The molecule has 7 nitrogen and oxygen atoms in total. The van der Waals surface area contributed by atoms with Crippen molar-refractivity contribution in [1.82, 2.24) is 0 Å². The summed E-state index contributed by atoms with van der Waals surface area (Å²) in [5.74, 6) is -2.84. The fourth-order valence-corrected chi connectivity index (χ4v) is 2.84. The van der Waals surface area contributed by atoms with Gasteiger partial charge >= 0.3 is 13.6 Å². The molecule has 0 saturated heterocycles. The predicted molar refractivity (Wildman–Crippen MR) is 75.8 cm³/mol. The number of carboxylic acid groups (broad SMARTS) is 1. The molecule has 0 heterocycles. The van der Waals surface area contributed by atoms with Gasteiger partial charge < -0.3 is 20.6 Å². The van der Waals surface area contributed by atoms with Gasteiger partial charge in [0.05, 0.1) is 6.16 Å². The van der Waals surface area contributed by atoms with E-state index in [1.54, 1.807) is 30.3 Å². The second-order valence-electron chi connectivity index (χ2n) is 4.85. The number of Topliss-reactive ketones (excluding diaryl/α,β-unsaturated/α-hetero) is 1. The van der Waals surface area contributed by atoms with Crippen LogP contribution in [0.5, 0.6) is 0 Å².